The lowest BCUT2D eigenvalue weighted by atomic mass is 9.85. The number of nitrogens with one attached hydrogen (secondary N) is 2. The standard InChI is InChI=1S/C20H25N7O/c1-11-6-7-16(12(2)8-11)24-19(28)17-14(4)23-20-21-10-22-27(20)18(17)15-9-26(5)25-13(15)3/h6-10,14,17-18H,1-5H3,(H,24,28)(H,21,22,23)/t14-,17-,18+/m1/s1. The van der Waals surface area contributed by atoms with Gasteiger partial charge in [0.25, 0.3) is 0 Å². The number of fused-ring (bicyclic) bond motifs is 1. The van der Waals surface area contributed by atoms with Crippen molar-refractivity contribution in [3.63, 3.8) is 0 Å². The Bertz CT molecular complexity index is 1040. The molecule has 0 saturated carbocycles. The number of carbonyl (C=O) groups is 1. The van der Waals surface area contributed by atoms with E-state index < -0.39 is 0 Å². The zero-order valence-corrected chi connectivity index (χ0v) is 16.8. The van der Waals surface area contributed by atoms with Crippen LogP contribution in [0.1, 0.15) is 35.3 Å². The zero-order valence-electron chi connectivity index (χ0n) is 16.8. The zero-order chi connectivity index (χ0) is 20.0. The highest BCUT2D eigenvalue weighted by molar-refractivity contribution is 5.94. The number of benzene rings is 1. The quantitative estimate of drug-likeness (QED) is 0.730. The summed E-state index contributed by atoms with van der Waals surface area (Å²) < 4.78 is 3.56. The average Bonchev–Trinajstić information content (AvgIpc) is 3.21. The van der Waals surface area contributed by atoms with Crippen molar-refractivity contribution in [2.75, 3.05) is 10.6 Å². The van der Waals surface area contributed by atoms with Crippen LogP contribution in [-0.2, 0) is 11.8 Å². The number of rotatable bonds is 3. The molecule has 28 heavy (non-hydrogen) atoms. The smallest absolute Gasteiger partial charge is 0.232 e. The lowest BCUT2D eigenvalue weighted by molar-refractivity contribution is -0.121. The van der Waals surface area contributed by atoms with Crippen molar-refractivity contribution < 1.29 is 4.79 Å². The maximum Gasteiger partial charge on any atom is 0.232 e. The van der Waals surface area contributed by atoms with Crippen molar-refractivity contribution in [2.24, 2.45) is 13.0 Å². The van der Waals surface area contributed by atoms with E-state index >= 15 is 0 Å². The van der Waals surface area contributed by atoms with Gasteiger partial charge < -0.3 is 10.6 Å². The molecule has 8 nitrogen and oxygen atoms in total. The van der Waals surface area contributed by atoms with E-state index in [1.54, 1.807) is 9.36 Å². The van der Waals surface area contributed by atoms with Gasteiger partial charge in [-0.05, 0) is 39.3 Å². The number of hydrogen-bond acceptors (Lipinski definition) is 5. The Morgan fingerprint density at radius 1 is 1.25 bits per heavy atom. The molecule has 0 bridgehead atoms. The predicted molar refractivity (Wildman–Crippen MR) is 107 cm³/mol. The Balaban J connectivity index is 1.74. The highest BCUT2D eigenvalue weighted by Gasteiger charge is 2.42. The van der Waals surface area contributed by atoms with Crippen LogP contribution >= 0.6 is 0 Å². The van der Waals surface area contributed by atoms with Crippen LogP contribution in [-0.4, -0.2) is 36.5 Å². The van der Waals surface area contributed by atoms with E-state index in [2.05, 4.69) is 31.9 Å². The van der Waals surface area contributed by atoms with E-state index in [1.807, 2.05) is 53.1 Å². The number of nitrogens with zero attached hydrogens (tertiary/aromatic N) is 5. The number of anilines is 2. The molecule has 0 aliphatic carbocycles. The van der Waals surface area contributed by atoms with Gasteiger partial charge in [-0.15, -0.1) is 0 Å². The molecule has 3 aromatic rings. The van der Waals surface area contributed by atoms with Crippen molar-refractivity contribution in [1.29, 1.82) is 0 Å². The number of amides is 1. The van der Waals surface area contributed by atoms with Crippen molar-refractivity contribution in [1.82, 2.24) is 24.5 Å². The summed E-state index contributed by atoms with van der Waals surface area (Å²) in [5, 5.41) is 15.3. The van der Waals surface area contributed by atoms with E-state index in [4.69, 9.17) is 0 Å². The van der Waals surface area contributed by atoms with E-state index in [0.29, 0.717) is 5.95 Å². The van der Waals surface area contributed by atoms with Crippen molar-refractivity contribution in [2.45, 2.75) is 39.8 Å². The molecule has 0 spiro atoms. The summed E-state index contributed by atoms with van der Waals surface area (Å²) in [6.45, 7) is 8.00. The molecule has 0 unspecified atom stereocenters. The molecule has 1 aromatic carbocycles. The van der Waals surface area contributed by atoms with Gasteiger partial charge >= 0.3 is 0 Å². The molecule has 2 N–H and O–H groups in total. The lowest BCUT2D eigenvalue weighted by Gasteiger charge is -2.36. The van der Waals surface area contributed by atoms with E-state index in [0.717, 1.165) is 22.5 Å². The van der Waals surface area contributed by atoms with Gasteiger partial charge in [-0.25, -0.2) is 4.68 Å². The largest absolute Gasteiger partial charge is 0.351 e. The third kappa shape index (κ3) is 3.04. The maximum atomic E-state index is 13.4. The maximum absolute atomic E-state index is 13.4. The highest BCUT2D eigenvalue weighted by atomic mass is 16.2. The van der Waals surface area contributed by atoms with E-state index in [-0.39, 0.29) is 23.9 Å². The van der Waals surface area contributed by atoms with Crippen molar-refractivity contribution in [3.05, 3.63) is 53.1 Å². The first-order valence-electron chi connectivity index (χ1n) is 9.39. The average molecular weight is 379 g/mol. The summed E-state index contributed by atoms with van der Waals surface area (Å²) in [5.74, 6) is 0.232. The molecule has 2 aromatic heterocycles. The minimum atomic E-state index is -0.377. The summed E-state index contributed by atoms with van der Waals surface area (Å²) in [5.41, 5.74) is 4.89. The number of hydrogen-bond donors (Lipinski definition) is 2. The van der Waals surface area contributed by atoms with Gasteiger partial charge in [-0.1, -0.05) is 17.7 Å². The van der Waals surface area contributed by atoms with Crippen LogP contribution in [0.25, 0.3) is 0 Å². The van der Waals surface area contributed by atoms with E-state index in [9.17, 15) is 4.79 Å². The van der Waals surface area contributed by atoms with Gasteiger partial charge in [0.15, 0.2) is 0 Å². The molecular weight excluding hydrogens is 354 g/mol. The molecule has 3 atom stereocenters. The Kier molecular flexibility index (Phi) is 4.41. The summed E-state index contributed by atoms with van der Waals surface area (Å²) in [7, 11) is 1.88. The molecular formula is C20H25N7O. The third-order valence-electron chi connectivity index (χ3n) is 5.38. The molecule has 8 heteroatoms. The fourth-order valence-corrected chi connectivity index (χ4v) is 4.05. The van der Waals surface area contributed by atoms with Gasteiger partial charge in [-0.2, -0.15) is 15.2 Å². The second kappa shape index (κ2) is 6.78. The van der Waals surface area contributed by atoms with Crippen molar-refractivity contribution >= 4 is 17.5 Å². The monoisotopic (exact) mass is 379 g/mol. The van der Waals surface area contributed by atoms with Crippen LogP contribution < -0.4 is 10.6 Å². The first kappa shape index (κ1) is 18.2. The van der Waals surface area contributed by atoms with Crippen LogP contribution in [0.3, 0.4) is 0 Å². The number of aryl methyl sites for hydroxylation is 4. The van der Waals surface area contributed by atoms with Gasteiger partial charge in [0.05, 0.1) is 17.7 Å². The SMILES string of the molecule is Cc1ccc(NC(=O)[C@@H]2[C@@H](C)Nc3ncnn3[C@H]2c2cn(C)nc2C)c(C)c1. The molecule has 0 radical (unpaired) electrons. The Morgan fingerprint density at radius 2 is 2.04 bits per heavy atom. The predicted octanol–water partition coefficient (Wildman–Crippen LogP) is 2.60. The molecule has 0 saturated heterocycles. The van der Waals surface area contributed by atoms with Crippen LogP contribution in [0.2, 0.25) is 0 Å². The first-order chi connectivity index (χ1) is 13.3. The summed E-state index contributed by atoms with van der Waals surface area (Å²) in [6, 6.07) is 5.62. The highest BCUT2D eigenvalue weighted by Crippen LogP contribution is 2.37. The minimum absolute atomic E-state index is 0.0543. The molecule has 1 aliphatic heterocycles. The normalized spacial score (nSPS) is 21.1. The fraction of sp³-hybridized carbons (Fsp3) is 0.400. The molecule has 1 amide bonds. The first-order valence-corrected chi connectivity index (χ1v) is 9.39. The Morgan fingerprint density at radius 3 is 2.71 bits per heavy atom. The second-order valence-electron chi connectivity index (χ2n) is 7.58. The lowest BCUT2D eigenvalue weighted by Crippen LogP contribution is -2.46. The van der Waals surface area contributed by atoms with Crippen LogP contribution in [0.15, 0.2) is 30.7 Å². The third-order valence-corrected chi connectivity index (χ3v) is 5.38. The Hall–Kier alpha value is -3.16. The van der Waals surface area contributed by atoms with Gasteiger partial charge in [0.1, 0.15) is 6.33 Å². The van der Waals surface area contributed by atoms with Crippen molar-refractivity contribution in [3.8, 4) is 0 Å². The summed E-state index contributed by atoms with van der Waals surface area (Å²) in [4.78, 5) is 17.7. The minimum Gasteiger partial charge on any atom is -0.351 e. The molecule has 0 fully saturated rings. The molecule has 3 heterocycles. The van der Waals surface area contributed by atoms with Crippen LogP contribution in [0.5, 0.6) is 0 Å². The van der Waals surface area contributed by atoms with Gasteiger partial charge in [0, 0.05) is 30.5 Å². The molecule has 146 valence electrons. The van der Waals surface area contributed by atoms with Crippen LogP contribution in [0.4, 0.5) is 11.6 Å². The van der Waals surface area contributed by atoms with E-state index in [1.165, 1.54) is 11.9 Å². The summed E-state index contributed by atoms with van der Waals surface area (Å²) >= 11 is 0. The Labute approximate surface area is 164 Å². The topological polar surface area (TPSA) is 89.7 Å². The van der Waals surface area contributed by atoms with Gasteiger partial charge in [0.2, 0.25) is 11.9 Å². The fourth-order valence-electron chi connectivity index (χ4n) is 4.05. The van der Waals surface area contributed by atoms with Crippen LogP contribution in [0, 0.1) is 26.7 Å². The molecule has 4 rings (SSSR count). The summed E-state index contributed by atoms with van der Waals surface area (Å²) in [6.07, 6.45) is 3.47. The number of carbonyl (C=O) groups excluding carboxylic acids is 1. The van der Waals surface area contributed by atoms with Gasteiger partial charge in [-0.3, -0.25) is 9.48 Å². The molecule has 1 aliphatic rings. The number of aromatic nitrogens is 5. The second-order valence-corrected chi connectivity index (χ2v) is 7.58.